The highest BCUT2D eigenvalue weighted by Crippen LogP contribution is 2.41. The number of fused-ring (bicyclic) bond motifs is 2. The molecule has 1 saturated carbocycles. The molecule has 0 bridgehead atoms. The lowest BCUT2D eigenvalue weighted by atomic mass is 9.86. The van der Waals surface area contributed by atoms with Crippen molar-refractivity contribution in [1.82, 2.24) is 0 Å². The van der Waals surface area contributed by atoms with Crippen molar-refractivity contribution in [3.8, 4) is 0 Å². The number of hydrogen-bond acceptors (Lipinski definition) is 5. The van der Waals surface area contributed by atoms with Crippen LogP contribution in [0.1, 0.15) is 31.2 Å². The topological polar surface area (TPSA) is 83.5 Å². The number of ketones is 1. The Labute approximate surface area is 164 Å². The van der Waals surface area contributed by atoms with Crippen LogP contribution in [-0.4, -0.2) is 19.3 Å². The minimum atomic E-state index is -3.60. The highest BCUT2D eigenvalue weighted by molar-refractivity contribution is 7.92. The van der Waals surface area contributed by atoms with Crippen LogP contribution in [0, 0.1) is 5.92 Å². The number of carbonyl (C=O) groups is 1. The molecule has 0 spiro atoms. The number of carbonyl (C=O) groups excluding carboxylic acids is 1. The number of benzene rings is 2. The molecule has 1 fully saturated rings. The van der Waals surface area contributed by atoms with E-state index in [0.29, 0.717) is 35.4 Å². The zero-order valence-electron chi connectivity index (χ0n) is 15.3. The highest BCUT2D eigenvalue weighted by atomic mass is 32.2. The first kappa shape index (κ1) is 18.5. The Balaban J connectivity index is 1.74. The standard InChI is InChI=1S/C22H21NO4S/c1-14(24)18(12-15-6-9-17(25)10-7-15)16-8-11-22-20(13-16)23-19-4-2-3-5-21(19)28(22,26)27/h2-5,8,11-13,15,23-24H,1,6-7,9-10H2/b18-12-. The van der Waals surface area contributed by atoms with Crippen LogP contribution >= 0.6 is 0 Å². The zero-order chi connectivity index (χ0) is 19.9. The number of allylic oxidation sites excluding steroid dienone is 2. The summed E-state index contributed by atoms with van der Waals surface area (Å²) in [4.78, 5) is 11.9. The lowest BCUT2D eigenvalue weighted by molar-refractivity contribution is -0.120. The van der Waals surface area contributed by atoms with Gasteiger partial charge in [-0.3, -0.25) is 4.79 Å². The fraction of sp³-hybridized carbons (Fsp3) is 0.227. The predicted octanol–water partition coefficient (Wildman–Crippen LogP) is 4.79. The first-order valence-electron chi connectivity index (χ1n) is 9.23. The molecule has 0 radical (unpaired) electrons. The van der Waals surface area contributed by atoms with Gasteiger partial charge in [0.1, 0.15) is 11.5 Å². The van der Waals surface area contributed by atoms with E-state index >= 15 is 0 Å². The van der Waals surface area contributed by atoms with E-state index in [1.807, 2.05) is 6.08 Å². The second-order valence-corrected chi connectivity index (χ2v) is 9.13. The molecule has 1 heterocycles. The van der Waals surface area contributed by atoms with Gasteiger partial charge in [-0.15, -0.1) is 0 Å². The van der Waals surface area contributed by atoms with Gasteiger partial charge in [-0.2, -0.15) is 0 Å². The Bertz CT molecular complexity index is 1110. The largest absolute Gasteiger partial charge is 0.508 e. The van der Waals surface area contributed by atoms with Crippen LogP contribution in [0.5, 0.6) is 0 Å². The van der Waals surface area contributed by atoms with Gasteiger partial charge in [-0.1, -0.05) is 30.9 Å². The molecule has 0 saturated heterocycles. The third-order valence-corrected chi connectivity index (χ3v) is 7.20. The maximum absolute atomic E-state index is 12.9. The third-order valence-electron chi connectivity index (χ3n) is 5.33. The lowest BCUT2D eigenvalue weighted by Gasteiger charge is -2.23. The number of aliphatic hydroxyl groups excluding tert-OH is 1. The number of aliphatic hydroxyl groups is 1. The molecule has 1 aliphatic carbocycles. The number of para-hydroxylation sites is 1. The van der Waals surface area contributed by atoms with E-state index < -0.39 is 9.84 Å². The molecule has 5 nitrogen and oxygen atoms in total. The van der Waals surface area contributed by atoms with Crippen molar-refractivity contribution in [2.24, 2.45) is 5.92 Å². The van der Waals surface area contributed by atoms with E-state index in [1.54, 1.807) is 42.5 Å². The Hall–Kier alpha value is -2.86. The molecule has 1 aliphatic heterocycles. The average molecular weight is 395 g/mol. The predicted molar refractivity (Wildman–Crippen MR) is 108 cm³/mol. The minimum absolute atomic E-state index is 0.0732. The Morgan fingerprint density at radius 1 is 1.07 bits per heavy atom. The summed E-state index contributed by atoms with van der Waals surface area (Å²) in [6.45, 7) is 3.67. The Morgan fingerprint density at radius 2 is 1.75 bits per heavy atom. The summed E-state index contributed by atoms with van der Waals surface area (Å²) in [5.74, 6) is 0.386. The Kier molecular flexibility index (Phi) is 4.59. The molecule has 2 aliphatic rings. The van der Waals surface area contributed by atoms with Gasteiger partial charge in [0, 0.05) is 18.4 Å². The van der Waals surface area contributed by atoms with E-state index in [2.05, 4.69) is 11.9 Å². The van der Waals surface area contributed by atoms with Crippen molar-refractivity contribution in [3.63, 3.8) is 0 Å². The molecule has 28 heavy (non-hydrogen) atoms. The van der Waals surface area contributed by atoms with Crippen LogP contribution in [0.2, 0.25) is 0 Å². The van der Waals surface area contributed by atoms with E-state index in [-0.39, 0.29) is 27.3 Å². The Morgan fingerprint density at radius 3 is 2.46 bits per heavy atom. The van der Waals surface area contributed by atoms with E-state index in [0.717, 1.165) is 12.8 Å². The summed E-state index contributed by atoms with van der Waals surface area (Å²) in [5, 5.41) is 13.3. The average Bonchev–Trinajstić information content (AvgIpc) is 2.67. The molecule has 2 aromatic carbocycles. The van der Waals surface area contributed by atoms with Crippen LogP contribution in [0.25, 0.3) is 5.57 Å². The van der Waals surface area contributed by atoms with Crippen LogP contribution < -0.4 is 5.32 Å². The third kappa shape index (κ3) is 3.24. The van der Waals surface area contributed by atoms with Crippen molar-refractivity contribution >= 4 is 32.6 Å². The second-order valence-electron chi connectivity index (χ2n) is 7.24. The van der Waals surface area contributed by atoms with Crippen molar-refractivity contribution in [3.05, 3.63) is 66.4 Å². The van der Waals surface area contributed by atoms with Crippen LogP contribution in [0.15, 0.2) is 70.7 Å². The highest BCUT2D eigenvalue weighted by Gasteiger charge is 2.29. The quantitative estimate of drug-likeness (QED) is 0.492. The van der Waals surface area contributed by atoms with Gasteiger partial charge in [-0.05, 0) is 48.6 Å². The molecule has 0 unspecified atom stereocenters. The molecular formula is C22H21NO4S. The number of nitrogens with one attached hydrogen (secondary N) is 1. The number of rotatable bonds is 3. The van der Waals surface area contributed by atoms with Gasteiger partial charge >= 0.3 is 0 Å². The number of anilines is 2. The number of hydrogen-bond donors (Lipinski definition) is 2. The molecule has 4 rings (SSSR count). The van der Waals surface area contributed by atoms with Gasteiger partial charge in [0.2, 0.25) is 9.84 Å². The molecule has 2 N–H and O–H groups in total. The van der Waals surface area contributed by atoms with Crippen molar-refractivity contribution in [2.45, 2.75) is 35.5 Å². The summed E-state index contributed by atoms with van der Waals surface area (Å²) in [6, 6.07) is 11.8. The summed E-state index contributed by atoms with van der Waals surface area (Å²) in [7, 11) is -3.60. The zero-order valence-corrected chi connectivity index (χ0v) is 16.1. The first-order valence-corrected chi connectivity index (χ1v) is 10.7. The van der Waals surface area contributed by atoms with Crippen LogP contribution in [0.3, 0.4) is 0 Å². The summed E-state index contributed by atoms with van der Waals surface area (Å²) < 4.78 is 25.8. The molecule has 144 valence electrons. The van der Waals surface area contributed by atoms with Crippen molar-refractivity contribution in [2.75, 3.05) is 5.32 Å². The van der Waals surface area contributed by atoms with Crippen LogP contribution in [-0.2, 0) is 14.6 Å². The maximum atomic E-state index is 12.9. The molecule has 6 heteroatoms. The van der Waals surface area contributed by atoms with E-state index in [4.69, 9.17) is 0 Å². The lowest BCUT2D eigenvalue weighted by Crippen LogP contribution is -2.14. The minimum Gasteiger partial charge on any atom is -0.508 e. The van der Waals surface area contributed by atoms with Crippen molar-refractivity contribution in [1.29, 1.82) is 0 Å². The van der Waals surface area contributed by atoms with E-state index in [1.165, 1.54) is 0 Å². The van der Waals surface area contributed by atoms with Crippen LogP contribution in [0.4, 0.5) is 11.4 Å². The van der Waals surface area contributed by atoms with Gasteiger partial charge in [0.15, 0.2) is 0 Å². The van der Waals surface area contributed by atoms with Crippen molar-refractivity contribution < 1.29 is 18.3 Å². The monoisotopic (exact) mass is 395 g/mol. The van der Waals surface area contributed by atoms with Gasteiger partial charge in [0.05, 0.1) is 21.2 Å². The molecule has 0 aromatic heterocycles. The summed E-state index contributed by atoms with van der Waals surface area (Å²) >= 11 is 0. The summed E-state index contributed by atoms with van der Waals surface area (Å²) in [5.41, 5.74) is 2.26. The first-order chi connectivity index (χ1) is 13.4. The molecular weight excluding hydrogens is 374 g/mol. The van der Waals surface area contributed by atoms with Gasteiger partial charge in [0.25, 0.3) is 0 Å². The number of sulfone groups is 1. The molecule has 0 amide bonds. The SMILES string of the molecule is C=C(O)/C(=C/C1CCC(=O)CC1)c1ccc2c(c1)Nc1ccccc1S2(=O)=O. The van der Waals surface area contributed by atoms with Gasteiger partial charge < -0.3 is 10.4 Å². The summed E-state index contributed by atoms with van der Waals surface area (Å²) in [6.07, 6.45) is 4.54. The number of Topliss-reactive ketones (excluding diaryl/α,β-unsaturated/α-hetero) is 1. The smallest absolute Gasteiger partial charge is 0.210 e. The maximum Gasteiger partial charge on any atom is 0.210 e. The molecule has 2 aromatic rings. The fourth-order valence-electron chi connectivity index (χ4n) is 3.82. The normalized spacial score (nSPS) is 18.7. The fourth-order valence-corrected chi connectivity index (χ4v) is 5.37. The molecule has 0 atom stereocenters. The second kappa shape index (κ2) is 6.95. The van der Waals surface area contributed by atoms with E-state index in [9.17, 15) is 18.3 Å². The van der Waals surface area contributed by atoms with Gasteiger partial charge in [-0.25, -0.2) is 8.42 Å².